The summed E-state index contributed by atoms with van der Waals surface area (Å²) < 4.78 is 16.3. The van der Waals surface area contributed by atoms with Crippen LogP contribution in [0.15, 0.2) is 25.3 Å². The number of hydrogen-bond donors (Lipinski definition) is 0. The molecule has 0 aromatic carbocycles. The van der Waals surface area contributed by atoms with E-state index in [-0.39, 0.29) is 11.9 Å². The summed E-state index contributed by atoms with van der Waals surface area (Å²) in [4.78, 5) is 22.0. The molecule has 0 atom stereocenters. The zero-order valence-corrected chi connectivity index (χ0v) is 24.2. The minimum absolute atomic E-state index is 0.306. The van der Waals surface area contributed by atoms with Gasteiger partial charge in [-0.2, -0.15) is 0 Å². The molecule has 0 aromatic rings. The lowest BCUT2D eigenvalue weighted by molar-refractivity contribution is -0.138. The highest BCUT2D eigenvalue weighted by Gasteiger charge is 2.30. The molecule has 5 nitrogen and oxygen atoms in total. The lowest BCUT2D eigenvalue weighted by Gasteiger charge is -2.38. The van der Waals surface area contributed by atoms with E-state index in [4.69, 9.17) is 14.2 Å². The van der Waals surface area contributed by atoms with E-state index in [0.29, 0.717) is 19.3 Å². The van der Waals surface area contributed by atoms with Gasteiger partial charge in [0.2, 0.25) is 0 Å². The van der Waals surface area contributed by atoms with Gasteiger partial charge in [0.05, 0.1) is 19.3 Å². The summed E-state index contributed by atoms with van der Waals surface area (Å²) in [6.07, 6.45) is 28.4. The number of rotatable bonds is 21. The van der Waals surface area contributed by atoms with E-state index in [1.54, 1.807) is 0 Å². The zero-order chi connectivity index (χ0) is 27.3. The molecule has 0 saturated heterocycles. The van der Waals surface area contributed by atoms with Crippen LogP contribution in [-0.4, -0.2) is 37.9 Å². The van der Waals surface area contributed by atoms with Crippen molar-refractivity contribution in [1.29, 1.82) is 0 Å². The molecule has 38 heavy (non-hydrogen) atoms. The van der Waals surface area contributed by atoms with E-state index < -0.39 is 0 Å². The van der Waals surface area contributed by atoms with Crippen LogP contribution in [0, 0.1) is 17.8 Å². The second-order valence-electron chi connectivity index (χ2n) is 11.6. The van der Waals surface area contributed by atoms with E-state index in [1.165, 1.54) is 115 Å². The van der Waals surface area contributed by atoms with Crippen molar-refractivity contribution in [2.45, 2.75) is 135 Å². The minimum Gasteiger partial charge on any atom is -0.463 e. The van der Waals surface area contributed by atoms with Crippen molar-refractivity contribution in [1.82, 2.24) is 0 Å². The van der Waals surface area contributed by atoms with Gasteiger partial charge in [-0.05, 0) is 75.5 Å². The quantitative estimate of drug-likeness (QED) is 0.0842. The smallest absolute Gasteiger partial charge is 0.330 e. The number of carbonyl (C=O) groups excluding carboxylic acids is 2. The summed E-state index contributed by atoms with van der Waals surface area (Å²) in [6.45, 7) is 8.78. The van der Waals surface area contributed by atoms with Gasteiger partial charge in [0.1, 0.15) is 0 Å². The topological polar surface area (TPSA) is 61.8 Å². The van der Waals surface area contributed by atoms with Gasteiger partial charge in [-0.3, -0.25) is 0 Å². The molecule has 0 spiro atoms. The van der Waals surface area contributed by atoms with E-state index >= 15 is 0 Å². The van der Waals surface area contributed by atoms with Gasteiger partial charge >= 0.3 is 11.9 Å². The molecule has 5 heteroatoms. The van der Waals surface area contributed by atoms with Crippen LogP contribution in [0.4, 0.5) is 0 Å². The highest BCUT2D eigenvalue weighted by molar-refractivity contribution is 5.81. The Balaban J connectivity index is 1.38. The zero-order valence-electron chi connectivity index (χ0n) is 24.2. The summed E-state index contributed by atoms with van der Waals surface area (Å²) in [6, 6.07) is 0. The van der Waals surface area contributed by atoms with Crippen molar-refractivity contribution in [2.75, 3.05) is 19.8 Å². The van der Waals surface area contributed by atoms with Crippen molar-refractivity contribution >= 4 is 11.9 Å². The molecule has 2 aliphatic carbocycles. The lowest BCUT2D eigenvalue weighted by atomic mass is 9.70. The molecule has 2 fully saturated rings. The Hall–Kier alpha value is -1.62. The molecule has 218 valence electrons. The largest absolute Gasteiger partial charge is 0.463 e. The van der Waals surface area contributed by atoms with Crippen LogP contribution in [0.1, 0.15) is 128 Å². The lowest BCUT2D eigenvalue weighted by Crippen LogP contribution is -2.28. The number of ether oxygens (including phenoxy) is 3. The van der Waals surface area contributed by atoms with Crippen molar-refractivity contribution < 1.29 is 23.8 Å². The third-order valence-corrected chi connectivity index (χ3v) is 8.75. The molecule has 2 aliphatic rings. The van der Waals surface area contributed by atoms with Gasteiger partial charge in [-0.15, -0.1) is 0 Å². The molecule has 0 amide bonds. The van der Waals surface area contributed by atoms with Crippen LogP contribution in [0.2, 0.25) is 0 Å². The number of esters is 2. The van der Waals surface area contributed by atoms with E-state index in [9.17, 15) is 9.59 Å². The van der Waals surface area contributed by atoms with Crippen molar-refractivity contribution in [3.63, 3.8) is 0 Å². The maximum absolute atomic E-state index is 11.0. The van der Waals surface area contributed by atoms with Gasteiger partial charge < -0.3 is 14.2 Å². The van der Waals surface area contributed by atoms with Crippen LogP contribution in [0.25, 0.3) is 0 Å². The highest BCUT2D eigenvalue weighted by atomic mass is 16.5. The second kappa shape index (κ2) is 21.2. The van der Waals surface area contributed by atoms with Crippen molar-refractivity contribution in [3.05, 3.63) is 25.3 Å². The van der Waals surface area contributed by atoms with Gasteiger partial charge in [0.15, 0.2) is 0 Å². The first-order valence-corrected chi connectivity index (χ1v) is 15.8. The average Bonchev–Trinajstić information content (AvgIpc) is 2.95. The normalized spacial score (nSPS) is 23.5. The molecule has 2 saturated carbocycles. The first-order valence-electron chi connectivity index (χ1n) is 15.8. The third kappa shape index (κ3) is 15.1. The Morgan fingerprint density at radius 2 is 0.974 bits per heavy atom. The van der Waals surface area contributed by atoms with Gasteiger partial charge in [0, 0.05) is 18.8 Å². The number of carbonyl (C=O) groups is 2. The molecule has 0 bridgehead atoms. The molecule has 0 unspecified atom stereocenters. The monoisotopic (exact) mass is 532 g/mol. The molecule has 0 aromatic heterocycles. The van der Waals surface area contributed by atoms with E-state index in [2.05, 4.69) is 13.2 Å². The van der Waals surface area contributed by atoms with Crippen molar-refractivity contribution in [3.8, 4) is 0 Å². The Bertz CT molecular complexity index is 644. The van der Waals surface area contributed by atoms with Gasteiger partial charge in [-0.1, -0.05) is 83.8 Å². The Morgan fingerprint density at radius 3 is 1.47 bits per heavy atom. The maximum atomic E-state index is 11.0. The molecular formula is C33H56O5. The van der Waals surface area contributed by atoms with Crippen LogP contribution in [0.5, 0.6) is 0 Å². The summed E-state index contributed by atoms with van der Waals surface area (Å²) in [5.41, 5.74) is 0. The Morgan fingerprint density at radius 1 is 0.553 bits per heavy atom. The number of hydrogen-bond acceptors (Lipinski definition) is 5. The standard InChI is InChI=1S/C33H56O5/c1-3-32(34)37-26-14-10-6-5-9-13-25-36-31-23-21-30(22-24-31)29-19-17-28(18-20-29)16-12-8-7-11-15-27-38-33(35)4-2/h3-4,28-31H,1-2,5-27H2. The SMILES string of the molecule is C=CC(=O)OCCCCCCCCOC1CCC(C2CCC(CCCCCCCOC(=O)C=C)CC2)CC1. The first-order chi connectivity index (χ1) is 18.6. The van der Waals surface area contributed by atoms with Crippen LogP contribution >= 0.6 is 0 Å². The first kappa shape index (κ1) is 32.6. The minimum atomic E-state index is -0.318. The van der Waals surface area contributed by atoms with Crippen LogP contribution in [-0.2, 0) is 23.8 Å². The number of unbranched alkanes of at least 4 members (excludes halogenated alkanes) is 9. The summed E-state index contributed by atoms with van der Waals surface area (Å²) in [5.74, 6) is 2.23. The molecule has 0 aliphatic heterocycles. The Kier molecular flexibility index (Phi) is 18.2. The highest BCUT2D eigenvalue weighted by Crippen LogP contribution is 2.41. The molecule has 0 heterocycles. The van der Waals surface area contributed by atoms with E-state index in [1.807, 2.05) is 0 Å². The fourth-order valence-corrected chi connectivity index (χ4v) is 6.37. The fraction of sp³-hybridized carbons (Fsp3) is 0.818. The fourth-order valence-electron chi connectivity index (χ4n) is 6.37. The predicted octanol–water partition coefficient (Wildman–Crippen LogP) is 8.51. The predicted molar refractivity (Wildman–Crippen MR) is 155 cm³/mol. The molecule has 0 radical (unpaired) electrons. The maximum Gasteiger partial charge on any atom is 0.330 e. The van der Waals surface area contributed by atoms with E-state index in [0.717, 1.165) is 50.0 Å². The Labute approximate surface area is 233 Å². The summed E-state index contributed by atoms with van der Waals surface area (Å²) >= 11 is 0. The van der Waals surface area contributed by atoms with Crippen molar-refractivity contribution in [2.24, 2.45) is 17.8 Å². The second-order valence-corrected chi connectivity index (χ2v) is 11.6. The molecular weight excluding hydrogens is 476 g/mol. The molecule has 0 N–H and O–H groups in total. The summed E-state index contributed by atoms with van der Waals surface area (Å²) in [7, 11) is 0. The van der Waals surface area contributed by atoms with Crippen LogP contribution in [0.3, 0.4) is 0 Å². The van der Waals surface area contributed by atoms with Gasteiger partial charge in [-0.25, -0.2) is 9.59 Å². The van der Waals surface area contributed by atoms with Crippen LogP contribution < -0.4 is 0 Å². The third-order valence-electron chi connectivity index (χ3n) is 8.75. The van der Waals surface area contributed by atoms with Gasteiger partial charge in [0.25, 0.3) is 0 Å². The average molecular weight is 533 g/mol. The molecule has 2 rings (SSSR count). The summed E-state index contributed by atoms with van der Waals surface area (Å²) in [5, 5.41) is 0.